The molecule has 0 fully saturated rings. The predicted molar refractivity (Wildman–Crippen MR) is 61.9 cm³/mol. The van der Waals surface area contributed by atoms with Crippen molar-refractivity contribution in [1.82, 2.24) is 10.6 Å². The van der Waals surface area contributed by atoms with Crippen LogP contribution in [0.15, 0.2) is 0 Å². The summed E-state index contributed by atoms with van der Waals surface area (Å²) in [6, 6.07) is 0. The zero-order valence-electron chi connectivity index (χ0n) is 8.30. The first-order valence-electron chi connectivity index (χ1n) is 4.33. The second-order valence-corrected chi connectivity index (χ2v) is 3.80. The summed E-state index contributed by atoms with van der Waals surface area (Å²) in [5, 5.41) is 18.9. The van der Waals surface area contributed by atoms with E-state index in [4.69, 9.17) is 22.3 Å². The Kier molecular flexibility index (Phi) is 7.16. The van der Waals surface area contributed by atoms with Crippen LogP contribution in [-0.4, -0.2) is 35.9 Å². The van der Waals surface area contributed by atoms with Crippen LogP contribution in [0.5, 0.6) is 0 Å². The minimum Gasteiger partial charge on any atom is -0.370 e. The lowest BCUT2D eigenvalue weighted by Crippen LogP contribution is -2.32. The van der Waals surface area contributed by atoms with Crippen molar-refractivity contribution in [2.24, 2.45) is 11.5 Å². The molecule has 0 aromatic carbocycles. The summed E-state index contributed by atoms with van der Waals surface area (Å²) in [5.74, 6) is 0.339. The molecule has 0 bridgehead atoms. The van der Waals surface area contributed by atoms with Gasteiger partial charge in [0.1, 0.15) is 0 Å². The molecule has 0 aliphatic rings. The Hall–Kier alpha value is -1.44. The average Bonchev–Trinajstić information content (AvgIpc) is 2.11. The van der Waals surface area contributed by atoms with E-state index in [2.05, 4.69) is 10.6 Å². The lowest BCUT2D eigenvalue weighted by Gasteiger charge is -2.04. The van der Waals surface area contributed by atoms with E-state index >= 15 is 0 Å². The molecule has 15 heavy (non-hydrogen) atoms. The maximum Gasteiger partial charge on any atom is 0.190 e. The highest BCUT2D eigenvalue weighted by atomic mass is 32.2. The summed E-state index contributed by atoms with van der Waals surface area (Å²) in [4.78, 5) is 11.2. The zero-order chi connectivity index (χ0) is 11.7. The SMILES string of the molecule is N=C(N)NCCSC(=O)CCNC(=N)N. The van der Waals surface area contributed by atoms with E-state index in [0.717, 1.165) is 0 Å². The molecule has 0 amide bonds. The van der Waals surface area contributed by atoms with Crippen LogP contribution in [0.2, 0.25) is 0 Å². The van der Waals surface area contributed by atoms with Gasteiger partial charge in [0.25, 0.3) is 0 Å². The molecule has 0 rings (SSSR count). The van der Waals surface area contributed by atoms with Crippen molar-refractivity contribution in [2.45, 2.75) is 6.42 Å². The molecule has 0 saturated carbocycles. The number of nitrogens with two attached hydrogens (primary N) is 2. The second kappa shape index (κ2) is 7.92. The van der Waals surface area contributed by atoms with E-state index < -0.39 is 0 Å². The van der Waals surface area contributed by atoms with Crippen LogP contribution >= 0.6 is 11.8 Å². The van der Waals surface area contributed by atoms with Gasteiger partial charge in [0.15, 0.2) is 17.0 Å². The predicted octanol–water partition coefficient (Wildman–Crippen LogP) is -1.40. The van der Waals surface area contributed by atoms with Crippen molar-refractivity contribution in [3.05, 3.63) is 0 Å². The summed E-state index contributed by atoms with van der Waals surface area (Å²) in [5.41, 5.74) is 10.1. The third-order valence-electron chi connectivity index (χ3n) is 1.33. The molecule has 0 aromatic rings. The smallest absolute Gasteiger partial charge is 0.190 e. The number of hydrogen-bond acceptors (Lipinski definition) is 4. The minimum absolute atomic E-state index is 0.0223. The minimum atomic E-state index is -0.133. The van der Waals surface area contributed by atoms with Crippen LogP contribution in [0.25, 0.3) is 0 Å². The van der Waals surface area contributed by atoms with Gasteiger partial charge < -0.3 is 22.1 Å². The Morgan fingerprint density at radius 2 is 1.67 bits per heavy atom. The maximum atomic E-state index is 11.2. The number of hydrogen-bond donors (Lipinski definition) is 6. The summed E-state index contributed by atoms with van der Waals surface area (Å²) >= 11 is 1.17. The Labute approximate surface area is 92.4 Å². The zero-order valence-corrected chi connectivity index (χ0v) is 9.12. The van der Waals surface area contributed by atoms with Crippen molar-refractivity contribution in [2.75, 3.05) is 18.8 Å². The van der Waals surface area contributed by atoms with E-state index in [1.54, 1.807) is 0 Å². The van der Waals surface area contributed by atoms with E-state index in [9.17, 15) is 4.79 Å². The van der Waals surface area contributed by atoms with Crippen LogP contribution in [0.4, 0.5) is 0 Å². The molecule has 8 heteroatoms. The van der Waals surface area contributed by atoms with E-state index in [1.165, 1.54) is 11.8 Å². The van der Waals surface area contributed by atoms with Gasteiger partial charge in [-0.3, -0.25) is 15.6 Å². The lowest BCUT2D eigenvalue weighted by atomic mass is 10.5. The van der Waals surface area contributed by atoms with Gasteiger partial charge in [-0.15, -0.1) is 0 Å². The molecule has 0 aliphatic heterocycles. The van der Waals surface area contributed by atoms with Crippen molar-refractivity contribution in [3.63, 3.8) is 0 Å². The van der Waals surface area contributed by atoms with Crippen molar-refractivity contribution >= 4 is 28.8 Å². The van der Waals surface area contributed by atoms with Gasteiger partial charge in [-0.05, 0) is 0 Å². The van der Waals surface area contributed by atoms with Gasteiger partial charge in [-0.1, -0.05) is 11.8 Å². The summed E-state index contributed by atoms with van der Waals surface area (Å²) in [7, 11) is 0. The molecular formula is C7H16N6OS. The molecule has 0 saturated heterocycles. The molecular weight excluding hydrogens is 216 g/mol. The first kappa shape index (κ1) is 13.6. The van der Waals surface area contributed by atoms with Crippen LogP contribution in [0.1, 0.15) is 6.42 Å². The van der Waals surface area contributed by atoms with Gasteiger partial charge in [0.2, 0.25) is 0 Å². The van der Waals surface area contributed by atoms with Gasteiger partial charge in [0, 0.05) is 25.3 Å². The molecule has 0 radical (unpaired) electrons. The number of guanidine groups is 2. The number of carbonyl (C=O) groups excluding carboxylic acids is 1. The van der Waals surface area contributed by atoms with Gasteiger partial charge >= 0.3 is 0 Å². The topological polar surface area (TPSA) is 141 Å². The quantitative estimate of drug-likeness (QED) is 0.189. The fraction of sp³-hybridized carbons (Fsp3) is 0.571. The van der Waals surface area contributed by atoms with Crippen molar-refractivity contribution < 1.29 is 4.79 Å². The molecule has 0 aliphatic carbocycles. The molecule has 0 atom stereocenters. The van der Waals surface area contributed by atoms with Gasteiger partial charge in [0.05, 0.1) is 0 Å². The monoisotopic (exact) mass is 232 g/mol. The Morgan fingerprint density at radius 1 is 1.13 bits per heavy atom. The number of thioether (sulfide) groups is 1. The fourth-order valence-corrected chi connectivity index (χ4v) is 1.40. The first-order valence-corrected chi connectivity index (χ1v) is 5.32. The fourth-order valence-electron chi connectivity index (χ4n) is 0.722. The average molecular weight is 232 g/mol. The first-order chi connectivity index (χ1) is 7.02. The van der Waals surface area contributed by atoms with E-state index in [1.807, 2.05) is 0 Å². The third kappa shape index (κ3) is 10.5. The normalized spacial score (nSPS) is 9.33. The second-order valence-electron chi connectivity index (χ2n) is 2.65. The Morgan fingerprint density at radius 3 is 2.20 bits per heavy atom. The van der Waals surface area contributed by atoms with Crippen molar-refractivity contribution in [1.29, 1.82) is 10.8 Å². The number of carbonyl (C=O) groups is 1. The summed E-state index contributed by atoms with van der Waals surface area (Å²) in [6.07, 6.45) is 0.324. The molecule has 86 valence electrons. The highest BCUT2D eigenvalue weighted by Crippen LogP contribution is 2.02. The number of rotatable bonds is 6. The largest absolute Gasteiger partial charge is 0.370 e. The molecule has 0 unspecified atom stereocenters. The van der Waals surface area contributed by atoms with E-state index in [0.29, 0.717) is 25.3 Å². The Bertz CT molecular complexity index is 244. The van der Waals surface area contributed by atoms with Crippen LogP contribution in [0.3, 0.4) is 0 Å². The summed E-state index contributed by atoms with van der Waals surface area (Å²) < 4.78 is 0. The lowest BCUT2D eigenvalue weighted by molar-refractivity contribution is -0.110. The molecule has 0 aromatic heterocycles. The van der Waals surface area contributed by atoms with Crippen LogP contribution in [-0.2, 0) is 4.79 Å². The van der Waals surface area contributed by atoms with E-state index in [-0.39, 0.29) is 17.0 Å². The van der Waals surface area contributed by atoms with Crippen molar-refractivity contribution in [3.8, 4) is 0 Å². The molecule has 7 nitrogen and oxygen atoms in total. The van der Waals surface area contributed by atoms with Crippen LogP contribution in [0, 0.1) is 10.8 Å². The number of nitrogens with one attached hydrogen (secondary N) is 4. The standard InChI is InChI=1S/C7H16N6OS/c8-6(9)12-2-1-5(14)15-4-3-13-7(10)11/h1-4H2,(H4,8,9,12)(H4,10,11,13). The van der Waals surface area contributed by atoms with Crippen LogP contribution < -0.4 is 22.1 Å². The third-order valence-corrected chi connectivity index (χ3v) is 2.26. The summed E-state index contributed by atoms with van der Waals surface area (Å²) in [6.45, 7) is 0.868. The Balaban J connectivity index is 3.33. The maximum absolute atomic E-state index is 11.2. The van der Waals surface area contributed by atoms with Gasteiger partial charge in [-0.2, -0.15) is 0 Å². The molecule has 0 spiro atoms. The highest BCUT2D eigenvalue weighted by molar-refractivity contribution is 8.13. The van der Waals surface area contributed by atoms with Gasteiger partial charge in [-0.25, -0.2) is 0 Å². The highest BCUT2D eigenvalue weighted by Gasteiger charge is 2.02. The molecule has 0 heterocycles. The molecule has 8 N–H and O–H groups in total.